The SMILES string of the molecule is CCC(CC)(CN)C(=O)Nc1cccc(C(=O)N(C)C)c1.Cl. The quantitative estimate of drug-likeness (QED) is 0.843. The Morgan fingerprint density at radius 2 is 1.82 bits per heavy atom. The Bertz CT molecular complexity index is 506. The molecule has 0 saturated carbocycles. The fourth-order valence-corrected chi connectivity index (χ4v) is 2.20. The smallest absolute Gasteiger partial charge is 0.253 e. The molecule has 0 bridgehead atoms. The first-order chi connectivity index (χ1) is 9.90. The molecule has 0 atom stereocenters. The van der Waals surface area contributed by atoms with E-state index in [0.29, 0.717) is 30.6 Å². The van der Waals surface area contributed by atoms with Gasteiger partial charge in [0, 0.05) is 31.9 Å². The van der Waals surface area contributed by atoms with Crippen molar-refractivity contribution in [2.75, 3.05) is 26.0 Å². The average molecular weight is 328 g/mol. The minimum Gasteiger partial charge on any atom is -0.345 e. The summed E-state index contributed by atoms with van der Waals surface area (Å²) in [4.78, 5) is 25.9. The van der Waals surface area contributed by atoms with Crippen LogP contribution in [0.3, 0.4) is 0 Å². The summed E-state index contributed by atoms with van der Waals surface area (Å²) in [6.45, 7) is 4.23. The van der Waals surface area contributed by atoms with Crippen LogP contribution in [-0.4, -0.2) is 37.4 Å². The average Bonchev–Trinajstić information content (AvgIpc) is 2.49. The number of amides is 2. The Hall–Kier alpha value is -1.59. The van der Waals surface area contributed by atoms with E-state index in [4.69, 9.17) is 5.73 Å². The molecule has 1 aromatic carbocycles. The fourth-order valence-electron chi connectivity index (χ4n) is 2.20. The third-order valence-corrected chi connectivity index (χ3v) is 4.00. The highest BCUT2D eigenvalue weighted by atomic mass is 35.5. The van der Waals surface area contributed by atoms with Crippen LogP contribution in [0.4, 0.5) is 5.69 Å². The highest BCUT2D eigenvalue weighted by Gasteiger charge is 2.33. The molecule has 124 valence electrons. The van der Waals surface area contributed by atoms with E-state index in [1.807, 2.05) is 13.8 Å². The van der Waals surface area contributed by atoms with Gasteiger partial charge in [-0.15, -0.1) is 12.4 Å². The number of hydrogen-bond acceptors (Lipinski definition) is 3. The van der Waals surface area contributed by atoms with Gasteiger partial charge in [-0.3, -0.25) is 9.59 Å². The molecule has 0 aliphatic rings. The number of carbonyl (C=O) groups excluding carboxylic acids is 2. The van der Waals surface area contributed by atoms with Crippen LogP contribution in [0.15, 0.2) is 24.3 Å². The van der Waals surface area contributed by atoms with Gasteiger partial charge in [0.1, 0.15) is 0 Å². The van der Waals surface area contributed by atoms with E-state index < -0.39 is 5.41 Å². The molecule has 0 aromatic heterocycles. The van der Waals surface area contributed by atoms with Crippen LogP contribution in [0.5, 0.6) is 0 Å². The van der Waals surface area contributed by atoms with Crippen molar-refractivity contribution in [3.8, 4) is 0 Å². The summed E-state index contributed by atoms with van der Waals surface area (Å²) in [6, 6.07) is 6.95. The minimum absolute atomic E-state index is 0. The van der Waals surface area contributed by atoms with E-state index in [2.05, 4.69) is 5.32 Å². The summed E-state index contributed by atoms with van der Waals surface area (Å²) < 4.78 is 0. The van der Waals surface area contributed by atoms with Crippen LogP contribution >= 0.6 is 12.4 Å². The summed E-state index contributed by atoms with van der Waals surface area (Å²) in [6.07, 6.45) is 1.37. The topological polar surface area (TPSA) is 75.4 Å². The van der Waals surface area contributed by atoms with E-state index in [-0.39, 0.29) is 24.2 Å². The van der Waals surface area contributed by atoms with Gasteiger partial charge in [0.05, 0.1) is 5.41 Å². The van der Waals surface area contributed by atoms with E-state index in [9.17, 15) is 9.59 Å². The summed E-state index contributed by atoms with van der Waals surface area (Å²) >= 11 is 0. The predicted octanol–water partition coefficient (Wildman–Crippen LogP) is 2.51. The third kappa shape index (κ3) is 4.45. The maximum absolute atomic E-state index is 12.5. The molecule has 0 heterocycles. The molecule has 0 aliphatic heterocycles. The van der Waals surface area contributed by atoms with E-state index >= 15 is 0 Å². The lowest BCUT2D eigenvalue weighted by Gasteiger charge is -2.28. The monoisotopic (exact) mass is 327 g/mol. The molecule has 1 rings (SSSR count). The van der Waals surface area contributed by atoms with Crippen molar-refractivity contribution in [2.45, 2.75) is 26.7 Å². The van der Waals surface area contributed by atoms with Crippen molar-refractivity contribution in [1.29, 1.82) is 0 Å². The van der Waals surface area contributed by atoms with Crippen molar-refractivity contribution in [2.24, 2.45) is 11.1 Å². The summed E-state index contributed by atoms with van der Waals surface area (Å²) in [5.74, 6) is -0.188. The maximum Gasteiger partial charge on any atom is 0.253 e. The second kappa shape index (κ2) is 8.76. The Labute approximate surface area is 138 Å². The van der Waals surface area contributed by atoms with Gasteiger partial charge in [0.2, 0.25) is 5.91 Å². The van der Waals surface area contributed by atoms with E-state index in [1.54, 1.807) is 38.4 Å². The van der Waals surface area contributed by atoms with Gasteiger partial charge in [-0.1, -0.05) is 19.9 Å². The second-order valence-electron chi connectivity index (χ2n) is 5.43. The first-order valence-corrected chi connectivity index (χ1v) is 7.23. The first-order valence-electron chi connectivity index (χ1n) is 7.23. The van der Waals surface area contributed by atoms with Crippen molar-refractivity contribution >= 4 is 29.9 Å². The van der Waals surface area contributed by atoms with Crippen LogP contribution in [0.2, 0.25) is 0 Å². The van der Waals surface area contributed by atoms with E-state index in [1.165, 1.54) is 4.90 Å². The number of nitrogens with one attached hydrogen (secondary N) is 1. The van der Waals surface area contributed by atoms with Gasteiger partial charge in [0.25, 0.3) is 5.91 Å². The molecular weight excluding hydrogens is 302 g/mol. The van der Waals surface area contributed by atoms with Crippen LogP contribution in [0.1, 0.15) is 37.0 Å². The number of benzene rings is 1. The molecule has 0 fully saturated rings. The lowest BCUT2D eigenvalue weighted by atomic mass is 9.81. The Morgan fingerprint density at radius 1 is 1.23 bits per heavy atom. The van der Waals surface area contributed by atoms with Gasteiger partial charge >= 0.3 is 0 Å². The van der Waals surface area contributed by atoms with Crippen LogP contribution < -0.4 is 11.1 Å². The largest absolute Gasteiger partial charge is 0.345 e. The zero-order valence-corrected chi connectivity index (χ0v) is 14.5. The van der Waals surface area contributed by atoms with Crippen molar-refractivity contribution in [3.05, 3.63) is 29.8 Å². The highest BCUT2D eigenvalue weighted by Crippen LogP contribution is 2.27. The summed E-state index contributed by atoms with van der Waals surface area (Å²) in [7, 11) is 3.39. The predicted molar refractivity (Wildman–Crippen MR) is 92.4 cm³/mol. The number of nitrogens with two attached hydrogens (primary N) is 1. The molecule has 0 unspecified atom stereocenters. The zero-order chi connectivity index (χ0) is 16.0. The Balaban J connectivity index is 0.00000441. The molecule has 0 aliphatic carbocycles. The molecular formula is C16H26ClN3O2. The van der Waals surface area contributed by atoms with Crippen LogP contribution in [-0.2, 0) is 4.79 Å². The molecule has 0 spiro atoms. The van der Waals surface area contributed by atoms with Crippen molar-refractivity contribution < 1.29 is 9.59 Å². The van der Waals surface area contributed by atoms with E-state index in [0.717, 1.165) is 0 Å². The third-order valence-electron chi connectivity index (χ3n) is 4.00. The normalized spacial score (nSPS) is 10.6. The first kappa shape index (κ1) is 20.4. The maximum atomic E-state index is 12.5. The molecule has 22 heavy (non-hydrogen) atoms. The molecule has 0 saturated heterocycles. The Morgan fingerprint density at radius 3 is 2.27 bits per heavy atom. The Kier molecular flexibility index (Phi) is 8.12. The van der Waals surface area contributed by atoms with Gasteiger partial charge in [-0.25, -0.2) is 0 Å². The number of rotatable bonds is 6. The fraction of sp³-hybridized carbons (Fsp3) is 0.500. The minimum atomic E-state index is -0.554. The molecule has 3 N–H and O–H groups in total. The number of hydrogen-bond donors (Lipinski definition) is 2. The van der Waals surface area contributed by atoms with Gasteiger partial charge in [-0.2, -0.15) is 0 Å². The lowest BCUT2D eigenvalue weighted by molar-refractivity contribution is -0.125. The van der Waals surface area contributed by atoms with Gasteiger partial charge < -0.3 is 16.0 Å². The number of carbonyl (C=O) groups is 2. The molecule has 1 aromatic rings. The zero-order valence-electron chi connectivity index (χ0n) is 13.7. The summed E-state index contributed by atoms with van der Waals surface area (Å²) in [5.41, 5.74) is 6.39. The summed E-state index contributed by atoms with van der Waals surface area (Å²) in [5, 5.41) is 2.88. The number of nitrogens with zero attached hydrogens (tertiary/aromatic N) is 1. The van der Waals surface area contributed by atoms with Crippen LogP contribution in [0, 0.1) is 5.41 Å². The number of anilines is 1. The lowest BCUT2D eigenvalue weighted by Crippen LogP contribution is -2.41. The molecule has 0 radical (unpaired) electrons. The van der Waals surface area contributed by atoms with Gasteiger partial charge in [0.15, 0.2) is 0 Å². The highest BCUT2D eigenvalue weighted by molar-refractivity contribution is 5.98. The van der Waals surface area contributed by atoms with Crippen molar-refractivity contribution in [1.82, 2.24) is 4.90 Å². The second-order valence-corrected chi connectivity index (χ2v) is 5.43. The molecule has 6 heteroatoms. The van der Waals surface area contributed by atoms with Crippen molar-refractivity contribution in [3.63, 3.8) is 0 Å². The van der Waals surface area contributed by atoms with Gasteiger partial charge in [-0.05, 0) is 31.0 Å². The number of halogens is 1. The molecule has 2 amide bonds. The standard InChI is InChI=1S/C16H25N3O2.ClH/c1-5-16(6-2,11-17)15(21)18-13-9-7-8-12(10-13)14(20)19(3)4;/h7-10H,5-6,11,17H2,1-4H3,(H,18,21);1H. The molecule has 5 nitrogen and oxygen atoms in total. The van der Waals surface area contributed by atoms with Crippen LogP contribution in [0.25, 0.3) is 0 Å².